The molecule has 0 bridgehead atoms. The van der Waals surface area contributed by atoms with Gasteiger partial charge in [-0.25, -0.2) is 13.8 Å². The van der Waals surface area contributed by atoms with E-state index in [0.29, 0.717) is 23.0 Å². The van der Waals surface area contributed by atoms with Crippen molar-refractivity contribution in [2.45, 2.75) is 26.2 Å². The highest BCUT2D eigenvalue weighted by molar-refractivity contribution is 7.13. The summed E-state index contributed by atoms with van der Waals surface area (Å²) >= 11 is 1.23. The Bertz CT molecular complexity index is 563. The van der Waals surface area contributed by atoms with Gasteiger partial charge in [0.25, 0.3) is 0 Å². The molecule has 0 aliphatic carbocycles. The molecule has 0 radical (unpaired) electrons. The number of nitrogens with two attached hydrogens (primary N) is 1. The first-order valence-corrected chi connectivity index (χ1v) is 7.33. The summed E-state index contributed by atoms with van der Waals surface area (Å²) in [5, 5.41) is 2.02. The Kier molecular flexibility index (Phi) is 4.89. The first-order valence-electron chi connectivity index (χ1n) is 6.45. The molecule has 2 N–H and O–H groups in total. The van der Waals surface area contributed by atoms with Crippen LogP contribution in [0.2, 0.25) is 0 Å². The normalized spacial score (nSPS) is 10.8. The van der Waals surface area contributed by atoms with Crippen LogP contribution >= 0.6 is 11.3 Å². The molecule has 0 fully saturated rings. The molecule has 0 aliphatic heterocycles. The second-order valence-electron chi connectivity index (χ2n) is 4.40. The van der Waals surface area contributed by atoms with Crippen LogP contribution in [0.5, 0.6) is 5.75 Å². The summed E-state index contributed by atoms with van der Waals surface area (Å²) in [7, 11) is 0. The molecule has 3 nitrogen and oxygen atoms in total. The van der Waals surface area contributed by atoms with E-state index in [4.69, 9.17) is 10.5 Å². The number of hydrogen-bond acceptors (Lipinski definition) is 4. The van der Waals surface area contributed by atoms with Gasteiger partial charge in [0.2, 0.25) is 0 Å². The van der Waals surface area contributed by atoms with Crippen molar-refractivity contribution in [2.75, 3.05) is 12.3 Å². The zero-order valence-corrected chi connectivity index (χ0v) is 12.0. The molecule has 0 spiro atoms. The number of rotatable bonds is 6. The third kappa shape index (κ3) is 3.45. The van der Waals surface area contributed by atoms with Crippen molar-refractivity contribution in [1.82, 2.24) is 4.98 Å². The van der Waals surface area contributed by atoms with Crippen LogP contribution in [0, 0.1) is 11.6 Å². The number of nitrogen functional groups attached to an aromatic ring is 1. The standard InChI is InChI=1S/C14H16F2N2OS/c1-2-3-4-5-19-13-10(15)6-9(7-11(13)16)12-8-20-14(17)18-12/h6-8H,2-5H2,1H3,(H2,17,18). The molecule has 1 aromatic carbocycles. The third-order valence-corrected chi connectivity index (χ3v) is 3.48. The van der Waals surface area contributed by atoms with Crippen molar-refractivity contribution in [3.8, 4) is 17.0 Å². The van der Waals surface area contributed by atoms with E-state index in [1.165, 1.54) is 23.5 Å². The van der Waals surface area contributed by atoms with Crippen molar-refractivity contribution in [1.29, 1.82) is 0 Å². The number of anilines is 1. The van der Waals surface area contributed by atoms with Crippen LogP contribution in [0.15, 0.2) is 17.5 Å². The Morgan fingerprint density at radius 3 is 2.50 bits per heavy atom. The molecule has 108 valence electrons. The average Bonchev–Trinajstić information content (AvgIpc) is 2.83. The lowest BCUT2D eigenvalue weighted by Crippen LogP contribution is -2.02. The number of benzene rings is 1. The van der Waals surface area contributed by atoms with Gasteiger partial charge in [-0.3, -0.25) is 0 Å². The van der Waals surface area contributed by atoms with Gasteiger partial charge >= 0.3 is 0 Å². The molecule has 0 saturated carbocycles. The van der Waals surface area contributed by atoms with E-state index in [1.807, 2.05) is 0 Å². The topological polar surface area (TPSA) is 48.1 Å². The van der Waals surface area contributed by atoms with Crippen LogP contribution in [-0.2, 0) is 0 Å². The molecule has 2 rings (SSSR count). The lowest BCUT2D eigenvalue weighted by atomic mass is 10.1. The number of thiazole rings is 1. The fraction of sp³-hybridized carbons (Fsp3) is 0.357. The molecule has 2 aromatic rings. The largest absolute Gasteiger partial charge is 0.488 e. The van der Waals surface area contributed by atoms with Crippen molar-refractivity contribution < 1.29 is 13.5 Å². The fourth-order valence-corrected chi connectivity index (χ4v) is 2.36. The van der Waals surface area contributed by atoms with Crippen LogP contribution in [0.1, 0.15) is 26.2 Å². The molecule has 6 heteroatoms. The van der Waals surface area contributed by atoms with Gasteiger partial charge < -0.3 is 10.5 Å². The first-order chi connectivity index (χ1) is 9.61. The lowest BCUT2D eigenvalue weighted by molar-refractivity contribution is 0.276. The van der Waals surface area contributed by atoms with E-state index in [0.717, 1.165) is 19.3 Å². The number of unbranched alkanes of at least 4 members (excludes halogenated alkanes) is 2. The minimum absolute atomic E-state index is 0.310. The van der Waals surface area contributed by atoms with Crippen molar-refractivity contribution in [3.63, 3.8) is 0 Å². The number of ether oxygens (including phenoxy) is 1. The first kappa shape index (κ1) is 14.7. The summed E-state index contributed by atoms with van der Waals surface area (Å²) in [4.78, 5) is 4.00. The highest BCUT2D eigenvalue weighted by atomic mass is 32.1. The summed E-state index contributed by atoms with van der Waals surface area (Å²) in [5.41, 5.74) is 6.33. The zero-order chi connectivity index (χ0) is 14.5. The van der Waals surface area contributed by atoms with Crippen molar-refractivity contribution in [3.05, 3.63) is 29.1 Å². The number of aromatic nitrogens is 1. The number of hydrogen-bond donors (Lipinski definition) is 1. The average molecular weight is 298 g/mol. The van der Waals surface area contributed by atoms with Crippen LogP contribution in [-0.4, -0.2) is 11.6 Å². The van der Waals surface area contributed by atoms with Gasteiger partial charge in [0.1, 0.15) is 0 Å². The molecule has 1 aromatic heterocycles. The van der Waals surface area contributed by atoms with Gasteiger partial charge in [-0.2, -0.15) is 0 Å². The minimum atomic E-state index is -0.719. The van der Waals surface area contributed by atoms with E-state index in [9.17, 15) is 8.78 Å². The Morgan fingerprint density at radius 1 is 1.25 bits per heavy atom. The van der Waals surface area contributed by atoms with E-state index in [-0.39, 0.29) is 5.75 Å². The predicted molar refractivity (Wildman–Crippen MR) is 76.9 cm³/mol. The van der Waals surface area contributed by atoms with Crippen LogP contribution in [0.3, 0.4) is 0 Å². The summed E-state index contributed by atoms with van der Waals surface area (Å²) in [5.74, 6) is -1.76. The molecule has 0 aliphatic rings. The highest BCUT2D eigenvalue weighted by Crippen LogP contribution is 2.30. The Labute approximate surface area is 120 Å². The Morgan fingerprint density at radius 2 is 1.95 bits per heavy atom. The van der Waals surface area contributed by atoms with Gasteiger partial charge in [-0.05, 0) is 18.6 Å². The molecular weight excluding hydrogens is 282 g/mol. The van der Waals surface area contributed by atoms with Crippen molar-refractivity contribution in [2.24, 2.45) is 0 Å². The summed E-state index contributed by atoms with van der Waals surface area (Å²) in [6.07, 6.45) is 2.78. The van der Waals surface area contributed by atoms with Gasteiger partial charge in [-0.15, -0.1) is 11.3 Å². The molecule has 0 atom stereocenters. The van der Waals surface area contributed by atoms with Crippen LogP contribution in [0.4, 0.5) is 13.9 Å². The third-order valence-electron chi connectivity index (χ3n) is 2.81. The number of nitrogens with zero attached hydrogens (tertiary/aromatic N) is 1. The quantitative estimate of drug-likeness (QED) is 0.811. The van der Waals surface area contributed by atoms with Gasteiger partial charge in [0.15, 0.2) is 22.5 Å². The summed E-state index contributed by atoms with van der Waals surface area (Å²) in [6, 6.07) is 2.43. The minimum Gasteiger partial charge on any atom is -0.488 e. The molecular formula is C14H16F2N2OS. The number of halogens is 2. The summed E-state index contributed by atoms with van der Waals surface area (Å²) in [6.45, 7) is 2.36. The highest BCUT2D eigenvalue weighted by Gasteiger charge is 2.14. The SMILES string of the molecule is CCCCCOc1c(F)cc(-c2csc(N)n2)cc1F. The molecule has 1 heterocycles. The Balaban J connectivity index is 2.16. The maximum Gasteiger partial charge on any atom is 0.190 e. The molecule has 0 unspecified atom stereocenters. The fourth-order valence-electron chi connectivity index (χ4n) is 1.79. The Hall–Kier alpha value is -1.69. The zero-order valence-electron chi connectivity index (χ0n) is 11.2. The summed E-state index contributed by atoms with van der Waals surface area (Å²) < 4.78 is 33.0. The van der Waals surface area contributed by atoms with Crippen molar-refractivity contribution >= 4 is 16.5 Å². The van der Waals surface area contributed by atoms with Gasteiger partial charge in [0, 0.05) is 10.9 Å². The van der Waals surface area contributed by atoms with E-state index < -0.39 is 11.6 Å². The molecule has 20 heavy (non-hydrogen) atoms. The predicted octanol–water partition coefficient (Wildman–Crippen LogP) is 4.24. The smallest absolute Gasteiger partial charge is 0.190 e. The van der Waals surface area contributed by atoms with E-state index >= 15 is 0 Å². The van der Waals surface area contributed by atoms with Gasteiger partial charge in [0.05, 0.1) is 12.3 Å². The van der Waals surface area contributed by atoms with E-state index in [1.54, 1.807) is 5.38 Å². The maximum atomic E-state index is 13.9. The molecule has 0 saturated heterocycles. The van der Waals surface area contributed by atoms with Crippen LogP contribution < -0.4 is 10.5 Å². The van der Waals surface area contributed by atoms with Gasteiger partial charge in [-0.1, -0.05) is 19.8 Å². The van der Waals surface area contributed by atoms with E-state index in [2.05, 4.69) is 11.9 Å². The second-order valence-corrected chi connectivity index (χ2v) is 5.29. The lowest BCUT2D eigenvalue weighted by Gasteiger charge is -2.09. The molecule has 0 amide bonds. The maximum absolute atomic E-state index is 13.9. The monoisotopic (exact) mass is 298 g/mol. The second kappa shape index (κ2) is 6.65. The van der Waals surface area contributed by atoms with Crippen LogP contribution in [0.25, 0.3) is 11.3 Å².